The maximum atomic E-state index is 12.6. The van der Waals surface area contributed by atoms with Gasteiger partial charge in [0.05, 0.1) is 34.0 Å². The van der Waals surface area contributed by atoms with Crippen LogP contribution in [0.5, 0.6) is 28.7 Å². The maximum Gasteiger partial charge on any atom is 0.343 e. The number of ether oxygens (including phenoxy) is 5. The maximum absolute atomic E-state index is 12.6. The van der Waals surface area contributed by atoms with Gasteiger partial charge in [-0.2, -0.15) is 0 Å². The summed E-state index contributed by atoms with van der Waals surface area (Å²) in [6.45, 7) is 0. The number of aliphatic hydroxyl groups is 2. The van der Waals surface area contributed by atoms with Gasteiger partial charge in [0.1, 0.15) is 12.2 Å². The first kappa shape index (κ1) is 25.4. The Kier molecular flexibility index (Phi) is 8.38. The fraction of sp³-hybridized carbons (Fsp3) is 0.240. The van der Waals surface area contributed by atoms with E-state index in [1.807, 2.05) is 0 Å². The minimum atomic E-state index is -1.36. The summed E-state index contributed by atoms with van der Waals surface area (Å²) in [6.07, 6.45) is -2.71. The van der Waals surface area contributed by atoms with E-state index in [2.05, 4.69) is 15.9 Å². The molecule has 2 atom stereocenters. The van der Waals surface area contributed by atoms with Gasteiger partial charge in [0.2, 0.25) is 5.75 Å². The third-order valence-electron chi connectivity index (χ3n) is 5.14. The van der Waals surface area contributed by atoms with Crippen molar-refractivity contribution in [3.05, 3.63) is 75.8 Å². The zero-order valence-electron chi connectivity index (χ0n) is 19.1. The van der Waals surface area contributed by atoms with Crippen molar-refractivity contribution in [2.45, 2.75) is 12.2 Å². The van der Waals surface area contributed by atoms with E-state index < -0.39 is 18.2 Å². The second kappa shape index (κ2) is 11.2. The number of hydrogen-bond donors (Lipinski definition) is 2. The van der Waals surface area contributed by atoms with Gasteiger partial charge in [0.25, 0.3) is 0 Å². The monoisotopic (exact) mass is 532 g/mol. The summed E-state index contributed by atoms with van der Waals surface area (Å²) in [5, 5.41) is 21.8. The third kappa shape index (κ3) is 5.44. The van der Waals surface area contributed by atoms with Gasteiger partial charge < -0.3 is 33.9 Å². The van der Waals surface area contributed by atoms with Gasteiger partial charge >= 0.3 is 5.97 Å². The topological polar surface area (TPSA) is 104 Å². The predicted molar refractivity (Wildman–Crippen MR) is 128 cm³/mol. The smallest absolute Gasteiger partial charge is 0.343 e. The van der Waals surface area contributed by atoms with Crippen LogP contribution in [0.2, 0.25) is 0 Å². The van der Waals surface area contributed by atoms with Crippen LogP contribution in [-0.2, 0) is 0 Å². The van der Waals surface area contributed by atoms with Gasteiger partial charge in [-0.1, -0.05) is 22.0 Å². The highest BCUT2D eigenvalue weighted by molar-refractivity contribution is 9.10. The molecule has 0 aromatic heterocycles. The van der Waals surface area contributed by atoms with Crippen molar-refractivity contribution in [3.63, 3.8) is 0 Å². The molecule has 0 aliphatic carbocycles. The molecule has 3 aromatic rings. The molecule has 3 rings (SSSR count). The number of benzene rings is 3. The van der Waals surface area contributed by atoms with Crippen molar-refractivity contribution in [2.24, 2.45) is 0 Å². The summed E-state index contributed by atoms with van der Waals surface area (Å²) in [5.41, 5.74) is 0.987. The van der Waals surface area contributed by atoms with E-state index in [4.69, 9.17) is 23.7 Å². The van der Waals surface area contributed by atoms with Gasteiger partial charge in [-0.3, -0.25) is 0 Å². The Bertz CT molecular complexity index is 1120. The number of hydrogen-bond acceptors (Lipinski definition) is 8. The predicted octanol–water partition coefficient (Wildman–Crippen LogP) is 4.47. The van der Waals surface area contributed by atoms with Crippen LogP contribution in [0.15, 0.2) is 59.1 Å². The number of aliphatic hydroxyl groups excluding tert-OH is 2. The zero-order valence-corrected chi connectivity index (χ0v) is 20.7. The molecule has 0 saturated heterocycles. The lowest BCUT2D eigenvalue weighted by molar-refractivity contribution is 0.0168. The molecule has 0 aliphatic rings. The quantitative estimate of drug-likeness (QED) is 0.307. The van der Waals surface area contributed by atoms with E-state index >= 15 is 0 Å². The van der Waals surface area contributed by atoms with Crippen molar-refractivity contribution < 1.29 is 38.7 Å². The van der Waals surface area contributed by atoms with Crippen LogP contribution in [0, 0.1) is 0 Å². The summed E-state index contributed by atoms with van der Waals surface area (Å²) in [7, 11) is 5.83. The number of esters is 1. The molecule has 34 heavy (non-hydrogen) atoms. The number of rotatable bonds is 9. The molecule has 9 heteroatoms. The molecular weight excluding hydrogens is 508 g/mol. The molecule has 180 valence electrons. The summed E-state index contributed by atoms with van der Waals surface area (Å²) in [4.78, 5) is 12.6. The van der Waals surface area contributed by atoms with Gasteiger partial charge in [0.15, 0.2) is 23.0 Å². The van der Waals surface area contributed by atoms with E-state index in [-0.39, 0.29) is 5.75 Å². The largest absolute Gasteiger partial charge is 0.493 e. The average Bonchev–Trinajstić information content (AvgIpc) is 2.87. The SMILES string of the molecule is COc1ccc([C@@H](O)[C@H](O)c2cc(OC)c(OC)c(OC)c2)cc1OC(=O)c1ccc(Br)cc1. The molecule has 0 radical (unpaired) electrons. The molecule has 0 amide bonds. The molecule has 0 bridgehead atoms. The molecule has 2 N–H and O–H groups in total. The lowest BCUT2D eigenvalue weighted by Gasteiger charge is -2.22. The molecule has 0 fully saturated rings. The van der Waals surface area contributed by atoms with Crippen LogP contribution >= 0.6 is 15.9 Å². The lowest BCUT2D eigenvalue weighted by atomic mass is 9.97. The Balaban J connectivity index is 1.91. The highest BCUT2D eigenvalue weighted by Crippen LogP contribution is 2.42. The second-order valence-electron chi connectivity index (χ2n) is 7.16. The molecule has 0 unspecified atom stereocenters. The molecule has 0 heterocycles. The van der Waals surface area contributed by atoms with Gasteiger partial charge in [-0.15, -0.1) is 0 Å². The standard InChI is InChI=1S/C25H25BrO8/c1-30-18-10-7-15(11-19(18)34-25(29)14-5-8-17(26)9-6-14)22(27)23(28)16-12-20(31-2)24(33-4)21(13-16)32-3/h5-13,22-23,27-28H,1-4H3/t22-,23-/m1/s1. The lowest BCUT2D eigenvalue weighted by Crippen LogP contribution is -2.13. The first-order valence-corrected chi connectivity index (χ1v) is 10.9. The number of methoxy groups -OCH3 is 4. The first-order chi connectivity index (χ1) is 16.3. The summed E-state index contributed by atoms with van der Waals surface area (Å²) in [6, 6.07) is 14.3. The first-order valence-electron chi connectivity index (χ1n) is 10.1. The Hall–Kier alpha value is -3.27. The van der Waals surface area contributed by atoms with Crippen LogP contribution in [-0.4, -0.2) is 44.6 Å². The molecule has 8 nitrogen and oxygen atoms in total. The molecular formula is C25H25BrO8. The minimum absolute atomic E-state index is 0.101. The number of carbonyl (C=O) groups is 1. The van der Waals surface area contributed by atoms with E-state index in [1.54, 1.807) is 48.5 Å². The summed E-state index contributed by atoms with van der Waals surface area (Å²) >= 11 is 3.32. The Morgan fingerprint density at radius 1 is 0.706 bits per heavy atom. The van der Waals surface area contributed by atoms with Crippen molar-refractivity contribution >= 4 is 21.9 Å². The Morgan fingerprint density at radius 2 is 1.24 bits per heavy atom. The van der Waals surface area contributed by atoms with Gasteiger partial charge in [0, 0.05) is 4.47 Å². The number of carbonyl (C=O) groups excluding carboxylic acids is 1. The van der Waals surface area contributed by atoms with Crippen molar-refractivity contribution in [2.75, 3.05) is 28.4 Å². The van der Waals surface area contributed by atoms with Crippen LogP contribution in [0.4, 0.5) is 0 Å². The van der Waals surface area contributed by atoms with E-state index in [9.17, 15) is 15.0 Å². The van der Waals surface area contributed by atoms with Gasteiger partial charge in [-0.25, -0.2) is 4.79 Å². The Labute approximate surface area is 205 Å². The van der Waals surface area contributed by atoms with Crippen molar-refractivity contribution in [1.29, 1.82) is 0 Å². The van der Waals surface area contributed by atoms with Crippen LogP contribution in [0.1, 0.15) is 33.7 Å². The van der Waals surface area contributed by atoms with Gasteiger partial charge in [-0.05, 0) is 59.7 Å². The minimum Gasteiger partial charge on any atom is -0.493 e. The Morgan fingerprint density at radius 3 is 1.76 bits per heavy atom. The van der Waals surface area contributed by atoms with E-state index in [0.29, 0.717) is 39.7 Å². The molecule has 0 saturated carbocycles. The van der Waals surface area contributed by atoms with Crippen LogP contribution in [0.25, 0.3) is 0 Å². The fourth-order valence-electron chi connectivity index (χ4n) is 3.34. The van der Waals surface area contributed by atoms with Crippen LogP contribution < -0.4 is 23.7 Å². The van der Waals surface area contributed by atoms with Crippen molar-refractivity contribution in [1.82, 2.24) is 0 Å². The van der Waals surface area contributed by atoms with E-state index in [0.717, 1.165) is 4.47 Å². The summed E-state index contributed by atoms with van der Waals surface area (Å²) < 4.78 is 27.6. The fourth-order valence-corrected chi connectivity index (χ4v) is 3.60. The zero-order chi connectivity index (χ0) is 24.8. The number of halogens is 1. The molecule has 3 aromatic carbocycles. The summed E-state index contributed by atoms with van der Waals surface area (Å²) in [5.74, 6) is 0.835. The normalized spacial score (nSPS) is 12.4. The highest BCUT2D eigenvalue weighted by Gasteiger charge is 2.25. The average molecular weight is 533 g/mol. The third-order valence-corrected chi connectivity index (χ3v) is 5.67. The second-order valence-corrected chi connectivity index (χ2v) is 8.07. The van der Waals surface area contributed by atoms with Crippen molar-refractivity contribution in [3.8, 4) is 28.7 Å². The highest BCUT2D eigenvalue weighted by atomic mass is 79.9. The van der Waals surface area contributed by atoms with E-state index in [1.165, 1.54) is 34.5 Å². The molecule has 0 spiro atoms. The molecule has 0 aliphatic heterocycles. The van der Waals surface area contributed by atoms with Crippen LogP contribution in [0.3, 0.4) is 0 Å².